The number of nitrogens with zero attached hydrogens (tertiary/aromatic N) is 1. The van der Waals surface area contributed by atoms with Crippen molar-refractivity contribution < 1.29 is 8.42 Å². The second kappa shape index (κ2) is 7.92. The molecule has 1 N–H and O–H groups in total. The minimum atomic E-state index is -3.42. The molecule has 0 heterocycles. The molecule has 4 nitrogen and oxygen atoms in total. The fraction of sp³-hybridized carbons (Fsp3) is 0.625. The molecular weight excluding hydrogens is 284 g/mol. The van der Waals surface area contributed by atoms with Gasteiger partial charge in [-0.25, -0.2) is 8.42 Å². The number of sulfonamides is 1. The van der Waals surface area contributed by atoms with Gasteiger partial charge in [0.05, 0.1) is 4.90 Å². The largest absolute Gasteiger partial charge is 0.313 e. The van der Waals surface area contributed by atoms with Crippen molar-refractivity contribution in [2.24, 2.45) is 0 Å². The highest BCUT2D eigenvalue weighted by Crippen LogP contribution is 2.22. The van der Waals surface area contributed by atoms with E-state index < -0.39 is 10.0 Å². The zero-order valence-electron chi connectivity index (χ0n) is 13.8. The van der Waals surface area contributed by atoms with E-state index in [9.17, 15) is 8.42 Å². The summed E-state index contributed by atoms with van der Waals surface area (Å²) in [7, 11) is -3.42. The lowest BCUT2D eigenvalue weighted by molar-refractivity contribution is 0.342. The first kappa shape index (κ1) is 18.1. The van der Waals surface area contributed by atoms with Crippen LogP contribution in [-0.4, -0.2) is 31.9 Å². The van der Waals surface area contributed by atoms with E-state index in [1.165, 1.54) is 0 Å². The van der Waals surface area contributed by atoms with Gasteiger partial charge in [-0.15, -0.1) is 0 Å². The predicted molar refractivity (Wildman–Crippen MR) is 87.9 cm³/mol. The van der Waals surface area contributed by atoms with E-state index in [0.29, 0.717) is 18.0 Å². The summed E-state index contributed by atoms with van der Waals surface area (Å²) in [4.78, 5) is 0.392. The van der Waals surface area contributed by atoms with Gasteiger partial charge in [0.15, 0.2) is 0 Å². The van der Waals surface area contributed by atoms with Gasteiger partial charge in [0.2, 0.25) is 10.0 Å². The smallest absolute Gasteiger partial charge is 0.243 e. The van der Waals surface area contributed by atoms with Gasteiger partial charge < -0.3 is 5.32 Å². The van der Waals surface area contributed by atoms with Crippen molar-refractivity contribution in [1.82, 2.24) is 9.62 Å². The van der Waals surface area contributed by atoms with E-state index in [1.54, 1.807) is 16.4 Å². The topological polar surface area (TPSA) is 49.4 Å². The summed E-state index contributed by atoms with van der Waals surface area (Å²) < 4.78 is 27.2. The molecule has 1 rings (SSSR count). The van der Waals surface area contributed by atoms with Crippen molar-refractivity contribution >= 4 is 10.0 Å². The van der Waals surface area contributed by atoms with Crippen LogP contribution in [-0.2, 0) is 16.6 Å². The number of hydrogen-bond acceptors (Lipinski definition) is 3. The molecule has 0 saturated heterocycles. The zero-order chi connectivity index (χ0) is 16.0. The molecule has 1 atom stereocenters. The average Bonchev–Trinajstić information content (AvgIpc) is 2.46. The van der Waals surface area contributed by atoms with Gasteiger partial charge >= 0.3 is 0 Å². The molecule has 1 aromatic rings. The van der Waals surface area contributed by atoms with Gasteiger partial charge in [-0.05, 0) is 50.1 Å². The van der Waals surface area contributed by atoms with Crippen LogP contribution in [0, 0.1) is 6.92 Å². The zero-order valence-corrected chi connectivity index (χ0v) is 14.6. The van der Waals surface area contributed by atoms with Crippen molar-refractivity contribution in [3.05, 3.63) is 29.3 Å². The van der Waals surface area contributed by atoms with Crippen LogP contribution in [0.25, 0.3) is 0 Å². The van der Waals surface area contributed by atoms with Gasteiger partial charge in [-0.1, -0.05) is 26.8 Å². The standard InChI is InChI=1S/C16H28N2O2S/c1-6-14(5)18(8-3)21(19,20)16-10-9-13(4)15(11-16)12-17-7-2/h9-11,14,17H,6-8,12H2,1-5H3. The predicted octanol–water partition coefficient (Wildman–Crippen LogP) is 2.91. The molecule has 1 aromatic carbocycles. The molecule has 0 aromatic heterocycles. The molecule has 0 amide bonds. The summed E-state index contributed by atoms with van der Waals surface area (Å²) >= 11 is 0. The lowest BCUT2D eigenvalue weighted by Gasteiger charge is -2.26. The van der Waals surface area contributed by atoms with E-state index >= 15 is 0 Å². The normalized spacial score (nSPS) is 13.6. The van der Waals surface area contributed by atoms with Crippen LogP contribution in [0.2, 0.25) is 0 Å². The fourth-order valence-electron chi connectivity index (χ4n) is 2.32. The summed E-state index contributed by atoms with van der Waals surface area (Å²) in [5.41, 5.74) is 2.15. The molecule has 1 unspecified atom stereocenters. The molecule has 0 fully saturated rings. The Balaban J connectivity index is 3.18. The van der Waals surface area contributed by atoms with Crippen LogP contribution in [0.1, 0.15) is 45.2 Å². The molecule has 0 spiro atoms. The van der Waals surface area contributed by atoms with Crippen LogP contribution in [0.3, 0.4) is 0 Å². The lowest BCUT2D eigenvalue weighted by atomic mass is 10.1. The van der Waals surface area contributed by atoms with Crippen molar-refractivity contribution in [2.75, 3.05) is 13.1 Å². The van der Waals surface area contributed by atoms with Crippen molar-refractivity contribution in [1.29, 1.82) is 0 Å². The Kier molecular flexibility index (Phi) is 6.84. The third kappa shape index (κ3) is 4.28. The molecule has 120 valence electrons. The number of hydrogen-bond donors (Lipinski definition) is 1. The number of aryl methyl sites for hydroxylation is 1. The number of rotatable bonds is 8. The Hall–Kier alpha value is -0.910. The monoisotopic (exact) mass is 312 g/mol. The number of nitrogens with one attached hydrogen (secondary N) is 1. The molecule has 0 saturated carbocycles. The molecular formula is C16H28N2O2S. The SMILES string of the molecule is CCNCc1cc(S(=O)(=O)N(CC)C(C)CC)ccc1C. The van der Waals surface area contributed by atoms with E-state index in [0.717, 1.165) is 24.1 Å². The van der Waals surface area contributed by atoms with Crippen LogP contribution in [0.15, 0.2) is 23.1 Å². The first-order chi connectivity index (χ1) is 9.88. The van der Waals surface area contributed by atoms with E-state index in [2.05, 4.69) is 5.32 Å². The summed E-state index contributed by atoms with van der Waals surface area (Å²) in [6.07, 6.45) is 0.809. The fourth-order valence-corrected chi connectivity index (χ4v) is 4.08. The second-order valence-corrected chi connectivity index (χ2v) is 7.22. The summed E-state index contributed by atoms with van der Waals surface area (Å²) in [5.74, 6) is 0. The van der Waals surface area contributed by atoms with Gasteiger partial charge in [-0.3, -0.25) is 0 Å². The highest BCUT2D eigenvalue weighted by atomic mass is 32.2. The van der Waals surface area contributed by atoms with Crippen LogP contribution in [0.5, 0.6) is 0 Å². The Labute approximate surface area is 129 Å². The maximum absolute atomic E-state index is 12.8. The van der Waals surface area contributed by atoms with Crippen LogP contribution < -0.4 is 5.32 Å². The van der Waals surface area contributed by atoms with Crippen molar-refractivity contribution in [2.45, 2.75) is 58.5 Å². The maximum atomic E-state index is 12.8. The molecule has 0 bridgehead atoms. The van der Waals surface area contributed by atoms with Crippen molar-refractivity contribution in [3.63, 3.8) is 0 Å². The Morgan fingerprint density at radius 2 is 1.90 bits per heavy atom. The minimum absolute atomic E-state index is 0.0125. The quantitative estimate of drug-likeness (QED) is 0.803. The number of benzene rings is 1. The highest BCUT2D eigenvalue weighted by molar-refractivity contribution is 7.89. The molecule has 21 heavy (non-hydrogen) atoms. The van der Waals surface area contributed by atoms with Crippen molar-refractivity contribution in [3.8, 4) is 0 Å². The first-order valence-corrected chi connectivity index (χ1v) is 9.14. The van der Waals surface area contributed by atoms with Gasteiger partial charge in [0.25, 0.3) is 0 Å². The minimum Gasteiger partial charge on any atom is -0.313 e. The summed E-state index contributed by atoms with van der Waals surface area (Å²) in [6, 6.07) is 5.42. The third-order valence-electron chi connectivity index (χ3n) is 3.89. The summed E-state index contributed by atoms with van der Waals surface area (Å²) in [5, 5.41) is 3.25. The van der Waals surface area contributed by atoms with Gasteiger partial charge in [0, 0.05) is 19.1 Å². The molecule has 5 heteroatoms. The second-order valence-electron chi connectivity index (χ2n) is 5.33. The Bertz CT molecular complexity index is 555. The Morgan fingerprint density at radius 1 is 1.24 bits per heavy atom. The maximum Gasteiger partial charge on any atom is 0.243 e. The molecule has 0 aliphatic rings. The van der Waals surface area contributed by atoms with Crippen LogP contribution >= 0.6 is 0 Å². The van der Waals surface area contributed by atoms with E-state index in [1.807, 2.05) is 40.7 Å². The molecule has 0 aliphatic heterocycles. The molecule has 0 aliphatic carbocycles. The van der Waals surface area contributed by atoms with Crippen LogP contribution in [0.4, 0.5) is 0 Å². The Morgan fingerprint density at radius 3 is 2.43 bits per heavy atom. The average molecular weight is 312 g/mol. The lowest BCUT2D eigenvalue weighted by Crippen LogP contribution is -2.38. The highest BCUT2D eigenvalue weighted by Gasteiger charge is 2.27. The summed E-state index contributed by atoms with van der Waals surface area (Å²) in [6.45, 7) is 12.0. The van der Waals surface area contributed by atoms with E-state index in [-0.39, 0.29) is 6.04 Å². The van der Waals surface area contributed by atoms with Gasteiger partial charge in [-0.2, -0.15) is 4.31 Å². The first-order valence-electron chi connectivity index (χ1n) is 7.70. The van der Waals surface area contributed by atoms with Gasteiger partial charge in [0.1, 0.15) is 0 Å². The third-order valence-corrected chi connectivity index (χ3v) is 5.97. The van der Waals surface area contributed by atoms with E-state index in [4.69, 9.17) is 0 Å². The molecule has 0 radical (unpaired) electrons.